The van der Waals surface area contributed by atoms with Gasteiger partial charge in [-0.2, -0.15) is 9.78 Å². The van der Waals surface area contributed by atoms with Crippen molar-refractivity contribution in [2.45, 2.75) is 25.7 Å². The van der Waals surface area contributed by atoms with E-state index in [4.69, 9.17) is 34.8 Å². The summed E-state index contributed by atoms with van der Waals surface area (Å²) in [5.41, 5.74) is 0.795. The van der Waals surface area contributed by atoms with Crippen LogP contribution in [-0.4, -0.2) is 47.4 Å². The van der Waals surface area contributed by atoms with Gasteiger partial charge in [0.15, 0.2) is 0 Å². The van der Waals surface area contributed by atoms with Gasteiger partial charge in [-0.15, -0.1) is 0 Å². The number of halogens is 3. The number of nitrogens with zero attached hydrogens (tertiary/aromatic N) is 4. The van der Waals surface area contributed by atoms with Crippen LogP contribution in [0.2, 0.25) is 15.1 Å². The maximum Gasteiger partial charge on any atom is 0.292 e. The summed E-state index contributed by atoms with van der Waals surface area (Å²) >= 11 is 18.6. The third kappa shape index (κ3) is 4.18. The Morgan fingerprint density at radius 2 is 1.71 bits per heavy atom. The van der Waals surface area contributed by atoms with Gasteiger partial charge in [0.25, 0.3) is 5.56 Å². The Morgan fingerprint density at radius 3 is 2.39 bits per heavy atom. The molecular weight excluding hydrogens is 419 g/mol. The molecule has 28 heavy (non-hydrogen) atoms. The molecular formula is C20H23Cl3N4O. The molecule has 0 bridgehead atoms. The summed E-state index contributed by atoms with van der Waals surface area (Å²) < 4.78 is 1.23. The van der Waals surface area contributed by atoms with Crippen molar-refractivity contribution in [3.05, 3.63) is 49.8 Å². The van der Waals surface area contributed by atoms with Crippen LogP contribution >= 0.6 is 34.8 Å². The molecule has 2 aliphatic heterocycles. The quantitative estimate of drug-likeness (QED) is 0.700. The van der Waals surface area contributed by atoms with Crippen LogP contribution < -0.4 is 10.5 Å². The predicted octanol–water partition coefficient (Wildman–Crippen LogP) is 4.50. The minimum Gasteiger partial charge on any atom is -0.369 e. The number of rotatable bonds is 4. The van der Waals surface area contributed by atoms with E-state index >= 15 is 0 Å². The summed E-state index contributed by atoms with van der Waals surface area (Å²) in [6.07, 6.45) is 6.54. The van der Waals surface area contributed by atoms with Gasteiger partial charge < -0.3 is 9.80 Å². The summed E-state index contributed by atoms with van der Waals surface area (Å²) in [5.74, 6) is 0.717. The Morgan fingerprint density at radius 1 is 1.00 bits per heavy atom. The van der Waals surface area contributed by atoms with Gasteiger partial charge in [0, 0.05) is 24.7 Å². The second-order valence-corrected chi connectivity index (χ2v) is 8.82. The zero-order valence-electron chi connectivity index (χ0n) is 15.6. The van der Waals surface area contributed by atoms with Crippen molar-refractivity contribution in [3.8, 4) is 5.69 Å². The van der Waals surface area contributed by atoms with Crippen LogP contribution in [0.4, 0.5) is 5.69 Å². The molecule has 8 heteroatoms. The Labute approximate surface area is 179 Å². The van der Waals surface area contributed by atoms with Crippen molar-refractivity contribution in [1.82, 2.24) is 14.7 Å². The van der Waals surface area contributed by atoms with E-state index in [1.807, 2.05) is 0 Å². The molecule has 150 valence electrons. The first-order chi connectivity index (χ1) is 13.5. The van der Waals surface area contributed by atoms with Crippen molar-refractivity contribution in [2.75, 3.05) is 37.6 Å². The van der Waals surface area contributed by atoms with Crippen LogP contribution in [0, 0.1) is 5.92 Å². The first-order valence-corrected chi connectivity index (χ1v) is 10.9. The van der Waals surface area contributed by atoms with Gasteiger partial charge in [-0.1, -0.05) is 34.8 Å². The normalized spacial score (nSPS) is 18.8. The topological polar surface area (TPSA) is 41.4 Å². The summed E-state index contributed by atoms with van der Waals surface area (Å²) in [6, 6.07) is 4.92. The van der Waals surface area contributed by atoms with E-state index < -0.39 is 0 Å². The third-order valence-electron chi connectivity index (χ3n) is 5.71. The van der Waals surface area contributed by atoms with Gasteiger partial charge >= 0.3 is 0 Å². The fraction of sp³-hybridized carbons (Fsp3) is 0.500. The number of anilines is 1. The minimum atomic E-state index is -0.373. The molecule has 0 atom stereocenters. The lowest BCUT2D eigenvalue weighted by Crippen LogP contribution is -2.39. The Bertz CT molecular complexity index is 903. The molecule has 0 N–H and O–H groups in total. The fourth-order valence-electron chi connectivity index (χ4n) is 4.16. The van der Waals surface area contributed by atoms with Crippen LogP contribution in [0.1, 0.15) is 25.7 Å². The van der Waals surface area contributed by atoms with Crippen molar-refractivity contribution in [2.24, 2.45) is 5.92 Å². The maximum atomic E-state index is 12.8. The second-order valence-electron chi connectivity index (χ2n) is 7.59. The van der Waals surface area contributed by atoms with Gasteiger partial charge in [0.2, 0.25) is 0 Å². The smallest absolute Gasteiger partial charge is 0.292 e. The van der Waals surface area contributed by atoms with Crippen LogP contribution in [0.3, 0.4) is 0 Å². The van der Waals surface area contributed by atoms with E-state index in [0.29, 0.717) is 27.3 Å². The highest BCUT2D eigenvalue weighted by molar-refractivity contribution is 6.36. The average Bonchev–Trinajstić information content (AvgIpc) is 3.18. The van der Waals surface area contributed by atoms with Crippen LogP contribution in [0.5, 0.6) is 0 Å². The van der Waals surface area contributed by atoms with Crippen LogP contribution in [0.15, 0.2) is 29.2 Å². The average molecular weight is 442 g/mol. The highest BCUT2D eigenvalue weighted by atomic mass is 35.5. The molecule has 1 aromatic carbocycles. The predicted molar refractivity (Wildman–Crippen MR) is 115 cm³/mol. The molecule has 2 saturated heterocycles. The Balaban J connectivity index is 1.49. The number of aromatic nitrogens is 2. The molecule has 0 radical (unpaired) electrons. The number of likely N-dealkylation sites (tertiary alicyclic amines) is 1. The van der Waals surface area contributed by atoms with E-state index in [0.717, 1.165) is 25.9 Å². The Kier molecular flexibility index (Phi) is 6.16. The van der Waals surface area contributed by atoms with E-state index in [2.05, 4.69) is 14.9 Å². The fourth-order valence-corrected chi connectivity index (χ4v) is 4.89. The maximum absolute atomic E-state index is 12.8. The van der Waals surface area contributed by atoms with E-state index in [9.17, 15) is 4.79 Å². The largest absolute Gasteiger partial charge is 0.369 e. The molecule has 2 fully saturated rings. The molecule has 4 rings (SSSR count). The van der Waals surface area contributed by atoms with Gasteiger partial charge in [-0.05, 0) is 62.9 Å². The highest BCUT2D eigenvalue weighted by Crippen LogP contribution is 2.29. The summed E-state index contributed by atoms with van der Waals surface area (Å²) in [5, 5.41) is 5.36. The molecule has 2 aliphatic rings. The van der Waals surface area contributed by atoms with Gasteiger partial charge in [-0.3, -0.25) is 4.79 Å². The van der Waals surface area contributed by atoms with Gasteiger partial charge in [-0.25, -0.2) is 0 Å². The highest BCUT2D eigenvalue weighted by Gasteiger charge is 2.25. The first-order valence-electron chi connectivity index (χ1n) is 9.73. The van der Waals surface area contributed by atoms with Crippen molar-refractivity contribution < 1.29 is 0 Å². The molecule has 0 amide bonds. The summed E-state index contributed by atoms with van der Waals surface area (Å²) in [7, 11) is 0. The first kappa shape index (κ1) is 20.0. The number of benzene rings is 1. The van der Waals surface area contributed by atoms with Gasteiger partial charge in [0.05, 0.1) is 22.6 Å². The third-order valence-corrected chi connectivity index (χ3v) is 6.60. The monoisotopic (exact) mass is 440 g/mol. The number of piperidine rings is 1. The number of hydrogen-bond acceptors (Lipinski definition) is 4. The lowest BCUT2D eigenvalue weighted by atomic mass is 9.96. The van der Waals surface area contributed by atoms with Gasteiger partial charge in [0.1, 0.15) is 5.02 Å². The molecule has 5 nitrogen and oxygen atoms in total. The van der Waals surface area contributed by atoms with Crippen LogP contribution in [0.25, 0.3) is 5.69 Å². The van der Waals surface area contributed by atoms with Crippen molar-refractivity contribution >= 4 is 40.5 Å². The summed E-state index contributed by atoms with van der Waals surface area (Å²) in [4.78, 5) is 17.6. The molecule has 3 heterocycles. The summed E-state index contributed by atoms with van der Waals surface area (Å²) in [6.45, 7) is 5.45. The lowest BCUT2D eigenvalue weighted by Gasteiger charge is -2.35. The number of hydrogen-bond donors (Lipinski definition) is 0. The molecule has 2 aromatic rings. The molecule has 0 unspecified atom stereocenters. The van der Waals surface area contributed by atoms with E-state index in [1.54, 1.807) is 24.4 Å². The van der Waals surface area contributed by atoms with Crippen LogP contribution in [-0.2, 0) is 0 Å². The lowest BCUT2D eigenvalue weighted by molar-refractivity contribution is 0.249. The zero-order chi connectivity index (χ0) is 19.7. The molecule has 1 aromatic heterocycles. The van der Waals surface area contributed by atoms with Crippen molar-refractivity contribution in [3.63, 3.8) is 0 Å². The molecule has 0 spiro atoms. The standard InChI is InChI=1S/C20H23Cl3N4O/c21-15-3-4-17(16(22)11-15)27-20(28)19(23)18(12-24-27)26-9-5-14(6-10-26)13-25-7-1-2-8-25/h3-4,11-12,14H,1-2,5-10,13H2. The van der Waals surface area contributed by atoms with E-state index in [1.165, 1.54) is 37.2 Å². The molecule has 0 saturated carbocycles. The minimum absolute atomic E-state index is 0.180. The van der Waals surface area contributed by atoms with E-state index in [-0.39, 0.29) is 10.6 Å². The second kappa shape index (κ2) is 8.62. The SMILES string of the molecule is O=c1c(Cl)c(N2CCC(CN3CCCC3)CC2)cnn1-c1ccc(Cl)cc1Cl. The zero-order valence-corrected chi connectivity index (χ0v) is 17.8. The van der Waals surface area contributed by atoms with Crippen molar-refractivity contribution in [1.29, 1.82) is 0 Å². The molecule has 0 aliphatic carbocycles. The Hall–Kier alpha value is -1.27.